The molecule has 1 aromatic heterocycles. The minimum atomic E-state index is 0.658. The molecule has 6 heteroatoms. The molecule has 1 amide bonds. The zero-order chi connectivity index (χ0) is 16.2. The van der Waals surface area contributed by atoms with Crippen molar-refractivity contribution in [1.82, 2.24) is 9.66 Å². The highest BCUT2D eigenvalue weighted by molar-refractivity contribution is 6.30. The molecule has 116 valence electrons. The molecule has 0 saturated heterocycles. The van der Waals surface area contributed by atoms with Gasteiger partial charge < -0.3 is 5.32 Å². The van der Waals surface area contributed by atoms with Crippen LogP contribution < -0.4 is 10.7 Å². The number of nitrogens with zero attached hydrogens (tertiary/aromatic N) is 2. The van der Waals surface area contributed by atoms with Gasteiger partial charge in [-0.2, -0.15) is 0 Å². The van der Waals surface area contributed by atoms with Crippen LogP contribution in [-0.2, 0) is 4.79 Å². The van der Waals surface area contributed by atoms with Crippen LogP contribution in [0.2, 0.25) is 5.02 Å². The van der Waals surface area contributed by atoms with Crippen molar-refractivity contribution in [2.24, 2.45) is 0 Å². The molecule has 5 nitrogen and oxygen atoms in total. The van der Waals surface area contributed by atoms with Crippen molar-refractivity contribution in [2.45, 2.75) is 6.92 Å². The van der Waals surface area contributed by atoms with Crippen LogP contribution in [0, 0.1) is 6.92 Å². The first-order valence-electron chi connectivity index (χ1n) is 7.04. The highest BCUT2D eigenvalue weighted by Crippen LogP contribution is 2.26. The Hall–Kier alpha value is -2.79. The van der Waals surface area contributed by atoms with Crippen LogP contribution in [0.3, 0.4) is 0 Å². The average Bonchev–Trinajstić information content (AvgIpc) is 2.88. The van der Waals surface area contributed by atoms with Gasteiger partial charge in [-0.05, 0) is 37.3 Å². The molecule has 0 aliphatic rings. The number of amides is 1. The molecule has 0 aliphatic heterocycles. The maximum atomic E-state index is 10.6. The van der Waals surface area contributed by atoms with Gasteiger partial charge in [0.25, 0.3) is 0 Å². The Labute approximate surface area is 138 Å². The number of carbonyl (C=O) groups is 1. The van der Waals surface area contributed by atoms with Crippen LogP contribution in [0.4, 0.5) is 11.4 Å². The minimum Gasteiger partial charge on any atom is -0.329 e. The molecule has 0 saturated carbocycles. The van der Waals surface area contributed by atoms with E-state index in [9.17, 15) is 4.79 Å². The summed E-state index contributed by atoms with van der Waals surface area (Å²) >= 11 is 6.02. The van der Waals surface area contributed by atoms with Gasteiger partial charge in [0.1, 0.15) is 6.33 Å². The molecule has 3 aromatic rings. The number of hydrogen-bond donors (Lipinski definition) is 2. The molecule has 0 aliphatic carbocycles. The number of nitrogens with one attached hydrogen (secondary N) is 2. The van der Waals surface area contributed by atoms with Crippen LogP contribution in [0.15, 0.2) is 54.9 Å². The van der Waals surface area contributed by atoms with Gasteiger partial charge in [-0.1, -0.05) is 29.8 Å². The van der Waals surface area contributed by atoms with E-state index >= 15 is 0 Å². The smallest absolute Gasteiger partial charge is 0.211 e. The molecule has 2 aromatic carbocycles. The number of benzene rings is 2. The van der Waals surface area contributed by atoms with Gasteiger partial charge in [0.05, 0.1) is 17.1 Å². The fourth-order valence-corrected chi connectivity index (χ4v) is 2.58. The normalized spacial score (nSPS) is 10.3. The number of carbonyl (C=O) groups excluding carboxylic acids is 1. The van der Waals surface area contributed by atoms with Crippen molar-refractivity contribution in [3.8, 4) is 11.3 Å². The van der Waals surface area contributed by atoms with E-state index in [0.717, 1.165) is 28.3 Å². The van der Waals surface area contributed by atoms with Crippen molar-refractivity contribution in [3.05, 3.63) is 65.6 Å². The molecule has 23 heavy (non-hydrogen) atoms. The van der Waals surface area contributed by atoms with E-state index in [0.29, 0.717) is 11.4 Å². The lowest BCUT2D eigenvalue weighted by atomic mass is 10.1. The lowest BCUT2D eigenvalue weighted by Gasteiger charge is -2.13. The van der Waals surface area contributed by atoms with E-state index < -0.39 is 0 Å². The predicted octanol–water partition coefficient (Wildman–Crippen LogP) is 3.96. The lowest BCUT2D eigenvalue weighted by Crippen LogP contribution is -2.09. The Kier molecular flexibility index (Phi) is 4.30. The monoisotopic (exact) mass is 326 g/mol. The van der Waals surface area contributed by atoms with Crippen LogP contribution >= 0.6 is 11.6 Å². The van der Waals surface area contributed by atoms with Gasteiger partial charge in [-0.3, -0.25) is 10.2 Å². The number of imidazole rings is 1. The zero-order valence-corrected chi connectivity index (χ0v) is 13.2. The number of anilines is 2. The maximum absolute atomic E-state index is 10.6. The number of aromatic nitrogens is 2. The molecule has 3 rings (SSSR count). The molecular formula is C17H15ClN4O. The fraction of sp³-hybridized carbons (Fsp3) is 0.0588. The quantitative estimate of drug-likeness (QED) is 0.698. The first-order chi connectivity index (χ1) is 11.2. The summed E-state index contributed by atoms with van der Waals surface area (Å²) in [6.07, 6.45) is 2.37. The second-order valence-electron chi connectivity index (χ2n) is 5.01. The molecule has 0 fully saturated rings. The van der Waals surface area contributed by atoms with Gasteiger partial charge >= 0.3 is 0 Å². The standard InChI is InChI=1S/C17H15ClN4O/c1-12-17(13-4-2-6-15(8-13)20-11-23)22(10-19-12)21-16-7-3-5-14(18)9-16/h2-11,21H,1H3,(H,20,23). The summed E-state index contributed by atoms with van der Waals surface area (Å²) < 4.78 is 1.83. The van der Waals surface area contributed by atoms with Crippen LogP contribution in [-0.4, -0.2) is 16.1 Å². The molecule has 2 N–H and O–H groups in total. The average molecular weight is 327 g/mol. The van der Waals surface area contributed by atoms with E-state index in [4.69, 9.17) is 11.6 Å². The van der Waals surface area contributed by atoms with Crippen molar-refractivity contribution >= 4 is 29.4 Å². The highest BCUT2D eigenvalue weighted by atomic mass is 35.5. The highest BCUT2D eigenvalue weighted by Gasteiger charge is 2.11. The van der Waals surface area contributed by atoms with Gasteiger partial charge in [0, 0.05) is 16.3 Å². The summed E-state index contributed by atoms with van der Waals surface area (Å²) in [5.41, 5.74) is 7.59. The van der Waals surface area contributed by atoms with Gasteiger partial charge in [0.15, 0.2) is 0 Å². The summed E-state index contributed by atoms with van der Waals surface area (Å²) in [6.45, 7) is 1.94. The molecule has 0 spiro atoms. The van der Waals surface area contributed by atoms with Crippen molar-refractivity contribution in [1.29, 1.82) is 0 Å². The first kappa shape index (κ1) is 15.1. The molecule has 0 atom stereocenters. The number of aryl methyl sites for hydroxylation is 1. The molecule has 0 unspecified atom stereocenters. The van der Waals surface area contributed by atoms with Gasteiger partial charge in [0.2, 0.25) is 6.41 Å². The summed E-state index contributed by atoms with van der Waals surface area (Å²) in [6, 6.07) is 15.0. The summed E-state index contributed by atoms with van der Waals surface area (Å²) in [7, 11) is 0. The van der Waals surface area contributed by atoms with Crippen LogP contribution in [0.25, 0.3) is 11.3 Å². The number of hydrogen-bond acceptors (Lipinski definition) is 3. The van der Waals surface area contributed by atoms with Crippen LogP contribution in [0.5, 0.6) is 0 Å². The Bertz CT molecular complexity index is 844. The minimum absolute atomic E-state index is 0.658. The van der Waals surface area contributed by atoms with E-state index in [-0.39, 0.29) is 0 Å². The van der Waals surface area contributed by atoms with Crippen molar-refractivity contribution in [3.63, 3.8) is 0 Å². The van der Waals surface area contributed by atoms with E-state index in [1.54, 1.807) is 6.33 Å². The SMILES string of the molecule is Cc1ncn(Nc2cccc(Cl)c2)c1-c1cccc(NC=O)c1. The van der Waals surface area contributed by atoms with Crippen molar-refractivity contribution in [2.75, 3.05) is 10.7 Å². The molecule has 0 bridgehead atoms. The topological polar surface area (TPSA) is 59.0 Å². The zero-order valence-electron chi connectivity index (χ0n) is 12.5. The first-order valence-corrected chi connectivity index (χ1v) is 7.42. The third kappa shape index (κ3) is 3.35. The van der Waals surface area contributed by atoms with E-state index in [1.807, 2.05) is 60.1 Å². The van der Waals surface area contributed by atoms with Gasteiger partial charge in [-0.25, -0.2) is 9.66 Å². The summed E-state index contributed by atoms with van der Waals surface area (Å²) in [5, 5.41) is 3.32. The van der Waals surface area contributed by atoms with Gasteiger partial charge in [-0.15, -0.1) is 0 Å². The molecular weight excluding hydrogens is 312 g/mol. The maximum Gasteiger partial charge on any atom is 0.211 e. The Morgan fingerprint density at radius 3 is 2.70 bits per heavy atom. The number of rotatable bonds is 5. The second kappa shape index (κ2) is 6.54. The molecule has 0 radical (unpaired) electrons. The Balaban J connectivity index is 1.98. The summed E-state index contributed by atoms with van der Waals surface area (Å²) in [5.74, 6) is 0. The van der Waals surface area contributed by atoms with Crippen molar-refractivity contribution < 1.29 is 4.79 Å². The third-order valence-electron chi connectivity index (χ3n) is 3.39. The molecule has 1 heterocycles. The van der Waals surface area contributed by atoms with E-state index in [1.165, 1.54) is 0 Å². The largest absolute Gasteiger partial charge is 0.329 e. The second-order valence-corrected chi connectivity index (χ2v) is 5.45. The lowest BCUT2D eigenvalue weighted by molar-refractivity contribution is -0.105. The number of halogens is 1. The Morgan fingerprint density at radius 2 is 1.91 bits per heavy atom. The third-order valence-corrected chi connectivity index (χ3v) is 3.62. The van der Waals surface area contributed by atoms with E-state index in [2.05, 4.69) is 15.7 Å². The van der Waals surface area contributed by atoms with Crippen LogP contribution in [0.1, 0.15) is 5.69 Å². The fourth-order valence-electron chi connectivity index (χ4n) is 2.39. The summed E-state index contributed by atoms with van der Waals surface area (Å²) in [4.78, 5) is 15.0. The predicted molar refractivity (Wildman–Crippen MR) is 92.6 cm³/mol. The Morgan fingerprint density at radius 1 is 1.13 bits per heavy atom.